The van der Waals surface area contributed by atoms with E-state index in [1.807, 2.05) is 33.0 Å². The lowest BCUT2D eigenvalue weighted by molar-refractivity contribution is -0.105. The number of rotatable bonds is 6. The molecule has 2 aromatic rings. The van der Waals surface area contributed by atoms with Crippen LogP contribution in [0.4, 0.5) is 5.82 Å². The number of carbonyl (C=O) groups excluding carboxylic acids is 1. The molecule has 7 heteroatoms. The zero-order chi connectivity index (χ0) is 19.9. The van der Waals surface area contributed by atoms with Gasteiger partial charge < -0.3 is 10.6 Å². The van der Waals surface area contributed by atoms with Gasteiger partial charge in [0.1, 0.15) is 11.4 Å². The number of amides is 1. The Morgan fingerprint density at radius 1 is 1.41 bits per heavy atom. The summed E-state index contributed by atoms with van der Waals surface area (Å²) in [5.74, 6) is 0.503. The largest absolute Gasteiger partial charge is 0.313 e. The molecule has 140 valence electrons. The molecule has 1 fully saturated rings. The molecule has 3 rings (SSSR count). The minimum atomic E-state index is -0.111. The predicted octanol–water partition coefficient (Wildman–Crippen LogP) is 3.25. The van der Waals surface area contributed by atoms with Crippen LogP contribution >= 0.6 is 0 Å². The summed E-state index contributed by atoms with van der Waals surface area (Å²) in [6, 6.07) is 3.97. The smallest absolute Gasteiger partial charge is 0.212 e. The molecule has 27 heavy (non-hydrogen) atoms. The first-order valence-corrected chi connectivity index (χ1v) is 8.60. The van der Waals surface area contributed by atoms with E-state index in [1.54, 1.807) is 29.2 Å². The lowest BCUT2D eigenvalue weighted by Crippen LogP contribution is -2.24. The van der Waals surface area contributed by atoms with Gasteiger partial charge in [0.15, 0.2) is 0 Å². The Bertz CT molecular complexity index is 924. The van der Waals surface area contributed by atoms with Gasteiger partial charge in [0.05, 0.1) is 29.7 Å². The number of hydrogen-bond acceptors (Lipinski definition) is 5. The second-order valence-electron chi connectivity index (χ2n) is 6.44. The summed E-state index contributed by atoms with van der Waals surface area (Å²) in [5.41, 5.74) is 2.83. The predicted molar refractivity (Wildman–Crippen MR) is 108 cm³/mol. The molecule has 0 bridgehead atoms. The summed E-state index contributed by atoms with van der Waals surface area (Å²) < 4.78 is 1.79. The van der Waals surface area contributed by atoms with Crippen molar-refractivity contribution >= 4 is 28.8 Å². The van der Waals surface area contributed by atoms with Gasteiger partial charge in [-0.3, -0.25) is 4.79 Å². The van der Waals surface area contributed by atoms with Gasteiger partial charge in [0.2, 0.25) is 6.41 Å². The highest BCUT2D eigenvalue weighted by Gasteiger charge is 2.41. The molecule has 0 radical (unpaired) electrons. The van der Waals surface area contributed by atoms with Gasteiger partial charge in [0.25, 0.3) is 0 Å². The third-order valence-corrected chi connectivity index (χ3v) is 4.07. The van der Waals surface area contributed by atoms with Crippen molar-refractivity contribution in [1.29, 1.82) is 5.26 Å². The number of aromatic nitrogens is 3. The molecule has 7 nitrogen and oxygen atoms in total. The number of fused-ring (bicyclic) bond motifs is 1. The molecule has 1 amide bonds. The second kappa shape index (κ2) is 8.92. The number of hydrogen-bond donors (Lipinski definition) is 2. The Labute approximate surface area is 159 Å². The van der Waals surface area contributed by atoms with Crippen molar-refractivity contribution in [2.24, 2.45) is 0 Å². The fourth-order valence-corrected chi connectivity index (χ4v) is 2.41. The molecule has 0 atom stereocenters. The summed E-state index contributed by atoms with van der Waals surface area (Å²) in [5, 5.41) is 19.1. The van der Waals surface area contributed by atoms with Crippen LogP contribution in [0.15, 0.2) is 48.8 Å². The first-order chi connectivity index (χ1) is 13.0. The van der Waals surface area contributed by atoms with Gasteiger partial charge in [-0.15, -0.1) is 0 Å². The third-order valence-electron chi connectivity index (χ3n) is 4.07. The van der Waals surface area contributed by atoms with E-state index in [9.17, 15) is 4.79 Å². The van der Waals surface area contributed by atoms with Gasteiger partial charge in [0, 0.05) is 5.39 Å². The molecule has 0 aromatic carbocycles. The van der Waals surface area contributed by atoms with E-state index in [2.05, 4.69) is 33.4 Å². The zero-order valence-corrected chi connectivity index (χ0v) is 15.9. The minimum absolute atomic E-state index is 0.111. The number of nitriles is 1. The molecule has 2 aromatic heterocycles. The quantitative estimate of drug-likeness (QED) is 0.606. The highest BCUT2D eigenvalue weighted by atomic mass is 16.1. The molecule has 2 heterocycles. The van der Waals surface area contributed by atoms with E-state index in [0.29, 0.717) is 12.2 Å². The number of anilines is 1. The standard InChI is InChI=1S/C15H16N4O.C5H8N2/c1-4-5-13(6-11(2)3)19-14-9-16-15(17-10-20)7-12(14)8-18-19;1-7-5(4-6)2-3-5/h4-10H,1H2,2-3H3,(H,16,17,20);7H,2-3H2,1H3/b13-5+;. The number of nitrogens with one attached hydrogen (secondary N) is 2. The summed E-state index contributed by atoms with van der Waals surface area (Å²) in [6.07, 6.45) is 11.7. The van der Waals surface area contributed by atoms with Crippen LogP contribution in [0.2, 0.25) is 0 Å². The van der Waals surface area contributed by atoms with Gasteiger partial charge in [-0.05, 0) is 52.0 Å². The molecule has 0 saturated heterocycles. The molecule has 1 aliphatic carbocycles. The number of allylic oxidation sites excluding steroid dienone is 5. The molecule has 2 N–H and O–H groups in total. The topological polar surface area (TPSA) is 95.6 Å². The first-order valence-electron chi connectivity index (χ1n) is 8.60. The number of nitrogens with zero attached hydrogens (tertiary/aromatic N) is 4. The Morgan fingerprint density at radius 3 is 2.63 bits per heavy atom. The lowest BCUT2D eigenvalue weighted by atomic mass is 10.2. The fraction of sp³-hybridized carbons (Fsp3) is 0.300. The van der Waals surface area contributed by atoms with E-state index in [1.165, 1.54) is 0 Å². The monoisotopic (exact) mass is 364 g/mol. The van der Waals surface area contributed by atoms with E-state index in [0.717, 1.165) is 35.0 Å². The highest BCUT2D eigenvalue weighted by molar-refractivity contribution is 5.86. The lowest BCUT2D eigenvalue weighted by Gasteiger charge is -2.05. The van der Waals surface area contributed by atoms with Crippen LogP contribution in [0, 0.1) is 11.3 Å². The Balaban J connectivity index is 0.000000313. The fourth-order valence-electron chi connectivity index (χ4n) is 2.41. The third kappa shape index (κ3) is 5.12. The van der Waals surface area contributed by atoms with Crippen molar-refractivity contribution in [3.63, 3.8) is 0 Å². The number of carbonyl (C=O) groups is 1. The van der Waals surface area contributed by atoms with E-state index in [-0.39, 0.29) is 5.54 Å². The average Bonchev–Trinajstić information content (AvgIpc) is 3.34. The van der Waals surface area contributed by atoms with Gasteiger partial charge >= 0.3 is 0 Å². The Morgan fingerprint density at radius 2 is 2.15 bits per heavy atom. The zero-order valence-electron chi connectivity index (χ0n) is 15.9. The SMILES string of the molecule is C=C/C=C(\C=C(C)C)n1ncc2cc(NC=O)ncc21.CNC1(C#N)CC1. The molecular formula is C20H24N6O. The van der Waals surface area contributed by atoms with E-state index in [4.69, 9.17) is 5.26 Å². The first kappa shape index (κ1) is 20.1. The van der Waals surface area contributed by atoms with Crippen molar-refractivity contribution in [1.82, 2.24) is 20.1 Å². The van der Waals surface area contributed by atoms with Crippen LogP contribution in [-0.2, 0) is 4.79 Å². The van der Waals surface area contributed by atoms with Crippen LogP contribution in [0.3, 0.4) is 0 Å². The van der Waals surface area contributed by atoms with Crippen LogP contribution in [0.25, 0.3) is 16.6 Å². The maximum Gasteiger partial charge on any atom is 0.212 e. The summed E-state index contributed by atoms with van der Waals surface area (Å²) in [4.78, 5) is 14.6. The molecule has 0 spiro atoms. The van der Waals surface area contributed by atoms with Crippen LogP contribution in [0.5, 0.6) is 0 Å². The van der Waals surface area contributed by atoms with Gasteiger partial charge in [-0.2, -0.15) is 10.4 Å². The molecular weight excluding hydrogens is 340 g/mol. The average molecular weight is 364 g/mol. The Hall–Kier alpha value is -3.24. The van der Waals surface area contributed by atoms with Crippen molar-refractivity contribution in [3.05, 3.63) is 48.8 Å². The van der Waals surface area contributed by atoms with Crippen LogP contribution < -0.4 is 10.6 Å². The highest BCUT2D eigenvalue weighted by Crippen LogP contribution is 2.33. The normalized spacial score (nSPS) is 14.4. The maximum absolute atomic E-state index is 10.4. The van der Waals surface area contributed by atoms with Gasteiger partial charge in [-0.1, -0.05) is 18.2 Å². The molecule has 0 aliphatic heterocycles. The van der Waals surface area contributed by atoms with Crippen molar-refractivity contribution in [3.8, 4) is 6.07 Å². The minimum Gasteiger partial charge on any atom is -0.313 e. The van der Waals surface area contributed by atoms with Crippen molar-refractivity contribution < 1.29 is 4.79 Å². The van der Waals surface area contributed by atoms with Gasteiger partial charge in [-0.25, -0.2) is 9.67 Å². The number of pyridine rings is 1. The van der Waals surface area contributed by atoms with Crippen LogP contribution in [-0.4, -0.2) is 33.8 Å². The molecule has 1 aliphatic rings. The van der Waals surface area contributed by atoms with Crippen molar-refractivity contribution in [2.75, 3.05) is 12.4 Å². The van der Waals surface area contributed by atoms with E-state index >= 15 is 0 Å². The summed E-state index contributed by atoms with van der Waals surface area (Å²) in [7, 11) is 1.83. The molecule has 0 unspecified atom stereocenters. The second-order valence-corrected chi connectivity index (χ2v) is 6.44. The summed E-state index contributed by atoms with van der Waals surface area (Å²) >= 11 is 0. The Kier molecular flexibility index (Phi) is 6.63. The summed E-state index contributed by atoms with van der Waals surface area (Å²) in [6.45, 7) is 7.77. The van der Waals surface area contributed by atoms with Crippen molar-refractivity contribution in [2.45, 2.75) is 32.2 Å². The molecule has 1 saturated carbocycles. The van der Waals surface area contributed by atoms with Crippen LogP contribution in [0.1, 0.15) is 26.7 Å². The van der Waals surface area contributed by atoms with E-state index < -0.39 is 0 Å². The maximum atomic E-state index is 10.4.